The molecule has 0 aliphatic heterocycles. The Morgan fingerprint density at radius 2 is 1.44 bits per heavy atom. The van der Waals surface area contributed by atoms with Crippen molar-refractivity contribution in [3.8, 4) is 0 Å². The number of nitrogens with one attached hydrogen (secondary N) is 2. The lowest BCUT2D eigenvalue weighted by molar-refractivity contribution is -0.159. The minimum Gasteiger partial charge on any atom is -0.458 e. The van der Waals surface area contributed by atoms with Crippen LogP contribution in [0.3, 0.4) is 0 Å². The molecule has 2 aromatic carbocycles. The van der Waals surface area contributed by atoms with Crippen LogP contribution in [0, 0.1) is 6.92 Å². The number of rotatable bonds is 17. The molecule has 48 heavy (non-hydrogen) atoms. The zero-order valence-corrected chi connectivity index (χ0v) is 31.2. The average molecular weight is 684 g/mol. The second kappa shape index (κ2) is 19.5. The van der Waals surface area contributed by atoms with Crippen LogP contribution in [0.1, 0.15) is 103 Å². The molecule has 0 aliphatic carbocycles. The van der Waals surface area contributed by atoms with Crippen molar-refractivity contribution in [3.05, 3.63) is 71.3 Å². The summed E-state index contributed by atoms with van der Waals surface area (Å²) in [6, 6.07) is 13.9. The van der Waals surface area contributed by atoms with Gasteiger partial charge in [-0.2, -0.15) is 11.8 Å². The fourth-order valence-electron chi connectivity index (χ4n) is 5.23. The smallest absolute Gasteiger partial charge is 0.408 e. The first-order valence-corrected chi connectivity index (χ1v) is 18.4. The summed E-state index contributed by atoms with van der Waals surface area (Å²) < 4.78 is 11.3. The van der Waals surface area contributed by atoms with Crippen LogP contribution in [0.15, 0.2) is 54.6 Å². The van der Waals surface area contributed by atoms with Crippen LogP contribution in [-0.2, 0) is 30.3 Å². The first-order chi connectivity index (χ1) is 22.6. The Labute approximate surface area is 292 Å². The van der Waals surface area contributed by atoms with E-state index in [1.165, 1.54) is 0 Å². The van der Waals surface area contributed by atoms with Gasteiger partial charge in [-0.05, 0) is 90.0 Å². The topological polar surface area (TPSA) is 114 Å². The third-order valence-electron chi connectivity index (χ3n) is 7.47. The minimum atomic E-state index is -1.07. The Bertz CT molecular complexity index is 1320. The molecule has 3 unspecified atom stereocenters. The summed E-state index contributed by atoms with van der Waals surface area (Å²) in [6.45, 7) is 14.9. The van der Waals surface area contributed by atoms with Crippen LogP contribution in [0.2, 0.25) is 0 Å². The fraction of sp³-hybridized carbons (Fsp3) is 0.579. The molecule has 0 heterocycles. The van der Waals surface area contributed by atoms with E-state index >= 15 is 0 Å². The maximum Gasteiger partial charge on any atom is 0.408 e. The monoisotopic (exact) mass is 683 g/mol. The number of hydrogen-bond donors (Lipinski definition) is 2. The Balaban J connectivity index is 2.63. The normalized spacial score (nSPS) is 13.5. The van der Waals surface area contributed by atoms with Gasteiger partial charge >= 0.3 is 12.1 Å². The van der Waals surface area contributed by atoms with Gasteiger partial charge in [-0.1, -0.05) is 80.8 Å². The maximum atomic E-state index is 14.6. The van der Waals surface area contributed by atoms with E-state index in [2.05, 4.69) is 17.6 Å². The molecule has 0 spiro atoms. The van der Waals surface area contributed by atoms with Crippen LogP contribution in [0.25, 0.3) is 0 Å². The molecule has 0 radical (unpaired) electrons. The summed E-state index contributed by atoms with van der Waals surface area (Å²) in [6.07, 6.45) is 5.31. The standard InChI is InChI=1S/C38H57N3O6S/c1-10-11-12-18-24-41(34(43)30(23-25-48-9)40-36(45)47-38(6,7)8)32(29-22-17-16-19-27(29)2)33(42)39-31(35(44)46-37(3,4)5)26-28-20-14-13-15-21-28/h13-17,19-22,30-32H,10-12,18,23-26H2,1-9H3,(H,39,42)(H,40,45). The molecule has 0 aromatic heterocycles. The van der Waals surface area contributed by atoms with Gasteiger partial charge in [-0.3, -0.25) is 9.59 Å². The summed E-state index contributed by atoms with van der Waals surface area (Å²) in [4.78, 5) is 57.3. The molecule has 10 heteroatoms. The number of amides is 3. The van der Waals surface area contributed by atoms with E-state index in [1.54, 1.807) is 58.2 Å². The van der Waals surface area contributed by atoms with Gasteiger partial charge in [0.15, 0.2) is 0 Å². The molecule has 0 saturated carbocycles. The molecule has 0 saturated heterocycles. The van der Waals surface area contributed by atoms with Crippen molar-refractivity contribution < 1.29 is 28.7 Å². The zero-order chi connectivity index (χ0) is 35.9. The Morgan fingerprint density at radius 3 is 2.02 bits per heavy atom. The number of esters is 1. The number of ether oxygens (including phenoxy) is 2. The molecule has 2 rings (SSSR count). The van der Waals surface area contributed by atoms with Crippen molar-refractivity contribution in [1.82, 2.24) is 15.5 Å². The summed E-state index contributed by atoms with van der Waals surface area (Å²) in [5.74, 6) is -0.837. The lowest BCUT2D eigenvalue weighted by atomic mass is 9.96. The molecule has 0 fully saturated rings. The SMILES string of the molecule is CCCCCCN(C(=O)C(CCSC)NC(=O)OC(C)(C)C)C(C(=O)NC(Cc1ccccc1)C(=O)OC(C)(C)C)c1ccccc1C. The summed E-state index contributed by atoms with van der Waals surface area (Å²) >= 11 is 1.56. The number of hydrogen-bond acceptors (Lipinski definition) is 7. The third-order valence-corrected chi connectivity index (χ3v) is 8.11. The largest absolute Gasteiger partial charge is 0.458 e. The van der Waals surface area contributed by atoms with Gasteiger partial charge in [0, 0.05) is 13.0 Å². The van der Waals surface area contributed by atoms with Gasteiger partial charge in [-0.25, -0.2) is 9.59 Å². The minimum absolute atomic E-state index is 0.211. The average Bonchev–Trinajstić information content (AvgIpc) is 2.99. The summed E-state index contributed by atoms with van der Waals surface area (Å²) in [5, 5.41) is 5.78. The van der Waals surface area contributed by atoms with Crippen LogP contribution in [-0.4, -0.2) is 70.6 Å². The molecule has 2 aromatic rings. The van der Waals surface area contributed by atoms with Crippen LogP contribution < -0.4 is 10.6 Å². The van der Waals surface area contributed by atoms with Crippen molar-refractivity contribution in [2.45, 2.75) is 123 Å². The lowest BCUT2D eigenvalue weighted by Gasteiger charge is -2.36. The number of unbranched alkanes of at least 4 members (excludes halogenated alkanes) is 3. The first kappa shape index (κ1) is 40.6. The highest BCUT2D eigenvalue weighted by molar-refractivity contribution is 7.98. The highest BCUT2D eigenvalue weighted by Crippen LogP contribution is 2.27. The predicted octanol–water partition coefficient (Wildman–Crippen LogP) is 7.16. The molecule has 0 aliphatic rings. The van der Waals surface area contributed by atoms with Crippen LogP contribution in [0.5, 0.6) is 0 Å². The van der Waals surface area contributed by atoms with Gasteiger partial charge in [-0.15, -0.1) is 0 Å². The lowest BCUT2D eigenvalue weighted by Crippen LogP contribution is -2.55. The van der Waals surface area contributed by atoms with Crippen LogP contribution in [0.4, 0.5) is 4.79 Å². The predicted molar refractivity (Wildman–Crippen MR) is 194 cm³/mol. The molecule has 0 bridgehead atoms. The van der Waals surface area contributed by atoms with E-state index in [9.17, 15) is 19.2 Å². The van der Waals surface area contributed by atoms with Gasteiger partial charge in [0.1, 0.15) is 29.3 Å². The van der Waals surface area contributed by atoms with Crippen LogP contribution >= 0.6 is 11.8 Å². The Kier molecular flexibility index (Phi) is 16.5. The fourth-order valence-corrected chi connectivity index (χ4v) is 5.70. The summed E-state index contributed by atoms with van der Waals surface area (Å²) in [7, 11) is 0. The molecule has 266 valence electrons. The van der Waals surface area contributed by atoms with E-state index in [0.717, 1.165) is 30.4 Å². The number of thioether (sulfide) groups is 1. The van der Waals surface area contributed by atoms with E-state index in [-0.39, 0.29) is 18.9 Å². The van der Waals surface area contributed by atoms with E-state index in [0.29, 0.717) is 24.2 Å². The molecule has 3 amide bonds. The van der Waals surface area contributed by atoms with E-state index < -0.39 is 47.3 Å². The second-order valence-corrected chi connectivity index (χ2v) is 15.1. The highest BCUT2D eigenvalue weighted by Gasteiger charge is 2.38. The molecule has 2 N–H and O–H groups in total. The zero-order valence-electron chi connectivity index (χ0n) is 30.4. The first-order valence-electron chi connectivity index (χ1n) is 17.0. The summed E-state index contributed by atoms with van der Waals surface area (Å²) in [5.41, 5.74) is 0.790. The van der Waals surface area contributed by atoms with Gasteiger partial charge in [0.25, 0.3) is 0 Å². The second-order valence-electron chi connectivity index (χ2n) is 14.1. The van der Waals surface area contributed by atoms with E-state index in [4.69, 9.17) is 9.47 Å². The number of carbonyl (C=O) groups is 4. The van der Waals surface area contributed by atoms with Crippen molar-refractivity contribution in [3.63, 3.8) is 0 Å². The molecule has 9 nitrogen and oxygen atoms in total. The van der Waals surface area contributed by atoms with E-state index in [1.807, 2.05) is 67.8 Å². The Morgan fingerprint density at radius 1 is 0.812 bits per heavy atom. The van der Waals surface area contributed by atoms with Gasteiger partial charge in [0.05, 0.1) is 0 Å². The van der Waals surface area contributed by atoms with Gasteiger partial charge < -0.3 is 25.0 Å². The quantitative estimate of drug-likeness (QED) is 0.134. The van der Waals surface area contributed by atoms with Crippen molar-refractivity contribution in [1.29, 1.82) is 0 Å². The van der Waals surface area contributed by atoms with Crippen molar-refractivity contribution in [2.75, 3.05) is 18.6 Å². The number of benzene rings is 2. The third kappa shape index (κ3) is 14.3. The van der Waals surface area contributed by atoms with Crippen molar-refractivity contribution >= 4 is 35.6 Å². The number of nitrogens with zero attached hydrogens (tertiary/aromatic N) is 1. The molecule has 3 atom stereocenters. The molecular weight excluding hydrogens is 627 g/mol. The van der Waals surface area contributed by atoms with Crippen molar-refractivity contribution in [2.24, 2.45) is 0 Å². The maximum absolute atomic E-state index is 14.6. The number of carbonyl (C=O) groups excluding carboxylic acids is 4. The number of alkyl carbamates (subject to hydrolysis) is 1. The molecular formula is C38H57N3O6S. The number of aryl methyl sites for hydroxylation is 1. The highest BCUT2D eigenvalue weighted by atomic mass is 32.2. The Hall–Kier alpha value is -3.53. The van der Waals surface area contributed by atoms with Gasteiger partial charge in [0.2, 0.25) is 11.8 Å².